The highest BCUT2D eigenvalue weighted by atomic mass is 32.2. The second-order valence-electron chi connectivity index (χ2n) is 5.49. The highest BCUT2D eigenvalue weighted by Gasteiger charge is 2.22. The number of thioether (sulfide) groups is 1. The van der Waals surface area contributed by atoms with Crippen LogP contribution in [0, 0.1) is 0 Å². The number of aryl methyl sites for hydroxylation is 1. The molecule has 0 atom stereocenters. The first-order valence-electron chi connectivity index (χ1n) is 7.34. The van der Waals surface area contributed by atoms with E-state index in [-0.39, 0.29) is 0 Å². The Bertz CT molecular complexity index is 899. The predicted octanol–water partition coefficient (Wildman–Crippen LogP) is 4.20. The van der Waals surface area contributed by atoms with E-state index >= 15 is 0 Å². The number of benzene rings is 2. The number of fused-ring (bicyclic) bond motifs is 2. The zero-order chi connectivity index (χ0) is 15.1. The molecular formula is C19H17N2S+. The van der Waals surface area contributed by atoms with E-state index < -0.39 is 0 Å². The van der Waals surface area contributed by atoms with Crippen LogP contribution >= 0.6 is 11.8 Å². The van der Waals surface area contributed by atoms with Crippen LogP contribution in [-0.4, -0.2) is 7.05 Å². The van der Waals surface area contributed by atoms with Crippen molar-refractivity contribution in [3.8, 4) is 0 Å². The molecule has 0 unspecified atom stereocenters. The quantitative estimate of drug-likeness (QED) is 0.622. The van der Waals surface area contributed by atoms with Crippen LogP contribution in [0.4, 0.5) is 5.69 Å². The van der Waals surface area contributed by atoms with Gasteiger partial charge in [0.05, 0.1) is 10.7 Å². The minimum absolute atomic E-state index is 1.21. The summed E-state index contributed by atoms with van der Waals surface area (Å²) < 4.78 is 2.25. The molecule has 3 heteroatoms. The molecule has 2 aromatic carbocycles. The molecule has 0 spiro atoms. The van der Waals surface area contributed by atoms with Crippen molar-refractivity contribution in [1.82, 2.24) is 0 Å². The van der Waals surface area contributed by atoms with Crippen molar-refractivity contribution in [1.29, 1.82) is 0 Å². The highest BCUT2D eigenvalue weighted by Crippen LogP contribution is 2.45. The van der Waals surface area contributed by atoms with Crippen LogP contribution in [0.25, 0.3) is 17.0 Å². The van der Waals surface area contributed by atoms with Crippen LogP contribution in [-0.2, 0) is 7.05 Å². The number of nitrogens with zero attached hydrogens (tertiary/aromatic N) is 2. The van der Waals surface area contributed by atoms with Crippen LogP contribution in [0.2, 0.25) is 0 Å². The third-order valence-corrected chi connectivity index (χ3v) is 5.33. The molecule has 2 heterocycles. The van der Waals surface area contributed by atoms with Gasteiger partial charge in [-0.1, -0.05) is 36.0 Å². The van der Waals surface area contributed by atoms with Gasteiger partial charge in [0.15, 0.2) is 0 Å². The molecule has 4 rings (SSSR count). The summed E-state index contributed by atoms with van der Waals surface area (Å²) in [6.07, 6.45) is 2.26. The van der Waals surface area contributed by atoms with E-state index in [1.165, 1.54) is 32.2 Å². The highest BCUT2D eigenvalue weighted by molar-refractivity contribution is 8.03. The maximum atomic E-state index is 2.26. The third kappa shape index (κ3) is 2.09. The van der Waals surface area contributed by atoms with Gasteiger partial charge in [-0.05, 0) is 24.3 Å². The van der Waals surface area contributed by atoms with Crippen LogP contribution in [0.15, 0.2) is 70.6 Å². The Balaban J connectivity index is 1.80. The van der Waals surface area contributed by atoms with Crippen molar-refractivity contribution < 1.29 is 4.57 Å². The summed E-state index contributed by atoms with van der Waals surface area (Å²) in [6.45, 7) is 0. The molecule has 0 saturated heterocycles. The average molecular weight is 305 g/mol. The van der Waals surface area contributed by atoms with Gasteiger partial charge in [0.25, 0.3) is 0 Å². The number of para-hydroxylation sites is 2. The van der Waals surface area contributed by atoms with E-state index in [1.54, 1.807) is 0 Å². The molecule has 1 aliphatic rings. The lowest BCUT2D eigenvalue weighted by molar-refractivity contribution is -0.646. The first-order valence-corrected chi connectivity index (χ1v) is 8.16. The van der Waals surface area contributed by atoms with E-state index in [4.69, 9.17) is 0 Å². The van der Waals surface area contributed by atoms with Gasteiger partial charge in [-0.3, -0.25) is 0 Å². The van der Waals surface area contributed by atoms with Gasteiger partial charge in [0.1, 0.15) is 7.05 Å². The first-order chi connectivity index (χ1) is 10.7. The number of hydrogen-bond acceptors (Lipinski definition) is 2. The Morgan fingerprint density at radius 3 is 2.59 bits per heavy atom. The minimum Gasteiger partial charge on any atom is -0.338 e. The summed E-state index contributed by atoms with van der Waals surface area (Å²) in [5.74, 6) is 0. The second-order valence-corrected chi connectivity index (χ2v) is 6.55. The van der Waals surface area contributed by atoms with E-state index in [1.807, 2.05) is 11.8 Å². The van der Waals surface area contributed by atoms with Gasteiger partial charge in [0.2, 0.25) is 11.2 Å². The third-order valence-electron chi connectivity index (χ3n) is 4.16. The zero-order valence-electron chi connectivity index (χ0n) is 12.7. The Kier molecular flexibility index (Phi) is 3.16. The number of aromatic nitrogens is 1. The van der Waals surface area contributed by atoms with Gasteiger partial charge in [-0.2, -0.15) is 4.57 Å². The van der Waals surface area contributed by atoms with Crippen molar-refractivity contribution in [3.05, 3.63) is 71.4 Å². The van der Waals surface area contributed by atoms with Crippen LogP contribution in [0.5, 0.6) is 0 Å². The molecule has 0 amide bonds. The van der Waals surface area contributed by atoms with Crippen LogP contribution < -0.4 is 9.47 Å². The molecule has 0 bridgehead atoms. The molecule has 108 valence electrons. The standard InChI is InChI=1S/C19H17N2S/c1-20-15(12-11-14-7-3-4-8-16(14)20)13-19-21(2)17-9-5-6-10-18(17)22-19/h3-13H,1-2H3/q+1. The topological polar surface area (TPSA) is 7.12 Å². The molecule has 0 N–H and O–H groups in total. The van der Waals surface area contributed by atoms with Crippen LogP contribution in [0.3, 0.4) is 0 Å². The number of rotatable bonds is 1. The summed E-state index contributed by atoms with van der Waals surface area (Å²) in [4.78, 5) is 3.58. The van der Waals surface area contributed by atoms with Crippen molar-refractivity contribution in [3.63, 3.8) is 0 Å². The SMILES string of the molecule is CN1C(=Cc2ccc3ccccc3[n+]2C)Sc2ccccc21. The van der Waals surface area contributed by atoms with Crippen molar-refractivity contribution in [2.75, 3.05) is 11.9 Å². The minimum atomic E-state index is 1.21. The first kappa shape index (κ1) is 13.4. The van der Waals surface area contributed by atoms with Gasteiger partial charge < -0.3 is 4.90 Å². The van der Waals surface area contributed by atoms with Gasteiger partial charge >= 0.3 is 0 Å². The summed E-state index contributed by atoms with van der Waals surface area (Å²) in [5.41, 5.74) is 3.74. The molecule has 1 aliphatic heterocycles. The lowest BCUT2D eigenvalue weighted by Gasteiger charge is -2.12. The van der Waals surface area contributed by atoms with Gasteiger partial charge in [0, 0.05) is 35.5 Å². The van der Waals surface area contributed by atoms with Gasteiger partial charge in [-0.15, -0.1) is 0 Å². The van der Waals surface area contributed by atoms with E-state index in [0.717, 1.165) is 0 Å². The normalized spacial score (nSPS) is 15.5. The summed E-state index contributed by atoms with van der Waals surface area (Å²) in [7, 11) is 4.26. The van der Waals surface area contributed by atoms with Gasteiger partial charge in [-0.25, -0.2) is 0 Å². The maximum absolute atomic E-state index is 2.26. The fourth-order valence-electron chi connectivity index (χ4n) is 2.88. The Morgan fingerprint density at radius 1 is 0.955 bits per heavy atom. The fourth-order valence-corrected chi connectivity index (χ4v) is 3.97. The molecule has 1 aromatic heterocycles. The van der Waals surface area contributed by atoms with Crippen molar-refractivity contribution in [2.45, 2.75) is 4.90 Å². The molecule has 22 heavy (non-hydrogen) atoms. The molecule has 0 radical (unpaired) electrons. The lowest BCUT2D eigenvalue weighted by Crippen LogP contribution is -2.32. The molecule has 0 saturated carbocycles. The van der Waals surface area contributed by atoms with E-state index in [9.17, 15) is 0 Å². The van der Waals surface area contributed by atoms with Crippen molar-refractivity contribution >= 4 is 34.4 Å². The average Bonchev–Trinajstić information content (AvgIpc) is 2.87. The molecule has 0 fully saturated rings. The molecular weight excluding hydrogens is 288 g/mol. The summed E-state index contributed by atoms with van der Waals surface area (Å²) in [5, 5.41) is 2.52. The largest absolute Gasteiger partial charge is 0.338 e. The molecule has 0 aliphatic carbocycles. The number of pyridine rings is 1. The molecule has 2 nitrogen and oxygen atoms in total. The lowest BCUT2D eigenvalue weighted by atomic mass is 10.2. The second kappa shape index (κ2) is 5.18. The number of hydrogen-bond donors (Lipinski definition) is 0. The maximum Gasteiger partial charge on any atom is 0.212 e. The Hall–Kier alpha value is -2.26. The van der Waals surface area contributed by atoms with Crippen LogP contribution in [0.1, 0.15) is 5.69 Å². The van der Waals surface area contributed by atoms with Crippen molar-refractivity contribution in [2.24, 2.45) is 7.05 Å². The monoisotopic (exact) mass is 305 g/mol. The Morgan fingerprint density at radius 2 is 1.73 bits per heavy atom. The smallest absolute Gasteiger partial charge is 0.212 e. The molecule has 3 aromatic rings. The summed E-state index contributed by atoms with van der Waals surface area (Å²) >= 11 is 1.83. The predicted molar refractivity (Wildman–Crippen MR) is 93.8 cm³/mol. The summed E-state index contributed by atoms with van der Waals surface area (Å²) in [6, 6.07) is 21.4. The Labute approximate surface area is 134 Å². The zero-order valence-corrected chi connectivity index (χ0v) is 13.5. The number of anilines is 1. The fraction of sp³-hybridized carbons (Fsp3) is 0.105. The van der Waals surface area contributed by atoms with E-state index in [0.29, 0.717) is 0 Å². The van der Waals surface area contributed by atoms with E-state index in [2.05, 4.69) is 90.3 Å².